The predicted molar refractivity (Wildman–Crippen MR) is 65.7 cm³/mol. The molecule has 0 unspecified atom stereocenters. The topological polar surface area (TPSA) is 46.1 Å². The highest BCUT2D eigenvalue weighted by Crippen LogP contribution is 2.14. The lowest BCUT2D eigenvalue weighted by Crippen LogP contribution is -2.30. The smallest absolute Gasteiger partial charge is 0.222 e. The molecule has 1 amide bonds. The van der Waals surface area contributed by atoms with Gasteiger partial charge in [0.05, 0.1) is 6.54 Å². The molecule has 2 heterocycles. The van der Waals surface area contributed by atoms with Crippen molar-refractivity contribution in [3.8, 4) is 0 Å². The number of rotatable bonds is 2. The molecule has 92 valence electrons. The number of hydrogen-bond donors (Lipinski definition) is 0. The first-order valence-electron chi connectivity index (χ1n) is 5.93. The molecule has 0 aromatic carbocycles. The summed E-state index contributed by atoms with van der Waals surface area (Å²) in [6.45, 7) is 3.15. The average molecular weight is 254 g/mol. The van der Waals surface area contributed by atoms with E-state index in [1.54, 1.807) is 6.07 Å². The summed E-state index contributed by atoms with van der Waals surface area (Å²) >= 11 is 5.88. The van der Waals surface area contributed by atoms with Gasteiger partial charge in [0.25, 0.3) is 0 Å². The number of amides is 1. The number of hydrogen-bond acceptors (Lipinski definition) is 3. The Kier molecular flexibility index (Phi) is 3.94. The number of carbonyl (C=O) groups excluding carboxylic acids is 1. The molecule has 1 aliphatic heterocycles. The average Bonchev–Trinajstić information content (AvgIpc) is 2.43. The minimum absolute atomic E-state index is 0.198. The Morgan fingerprint density at radius 2 is 2.18 bits per heavy atom. The van der Waals surface area contributed by atoms with E-state index >= 15 is 0 Å². The van der Waals surface area contributed by atoms with Crippen LogP contribution in [0.15, 0.2) is 6.07 Å². The molecule has 0 saturated carbocycles. The van der Waals surface area contributed by atoms with Gasteiger partial charge < -0.3 is 4.90 Å². The molecule has 1 saturated heterocycles. The minimum atomic E-state index is 0.198. The maximum atomic E-state index is 11.8. The van der Waals surface area contributed by atoms with Crippen LogP contribution in [0.2, 0.25) is 5.15 Å². The number of aryl methyl sites for hydroxylation is 1. The number of likely N-dealkylation sites (tertiary alicyclic amines) is 1. The predicted octanol–water partition coefficient (Wildman–Crippen LogP) is 2.34. The Labute approximate surface area is 106 Å². The van der Waals surface area contributed by atoms with Gasteiger partial charge in [0, 0.05) is 18.7 Å². The van der Waals surface area contributed by atoms with Crippen molar-refractivity contribution in [2.75, 3.05) is 6.54 Å². The standard InChI is InChI=1S/C12H16ClN3O/c1-9-7-10(13)15-11(14-9)8-16-6-4-2-3-5-12(16)17/h7H,2-6,8H2,1H3. The number of carbonyl (C=O) groups is 1. The van der Waals surface area contributed by atoms with Gasteiger partial charge in [-0.1, -0.05) is 18.0 Å². The van der Waals surface area contributed by atoms with Gasteiger partial charge in [-0.2, -0.15) is 0 Å². The van der Waals surface area contributed by atoms with Crippen LogP contribution >= 0.6 is 11.6 Å². The minimum Gasteiger partial charge on any atom is -0.335 e. The van der Waals surface area contributed by atoms with Crippen LogP contribution in [0.4, 0.5) is 0 Å². The van der Waals surface area contributed by atoms with E-state index in [4.69, 9.17) is 11.6 Å². The maximum absolute atomic E-state index is 11.8. The van der Waals surface area contributed by atoms with E-state index in [1.165, 1.54) is 0 Å². The fraction of sp³-hybridized carbons (Fsp3) is 0.583. The first kappa shape index (κ1) is 12.3. The molecule has 1 aromatic heterocycles. The summed E-state index contributed by atoms with van der Waals surface area (Å²) in [5.41, 5.74) is 0.835. The van der Waals surface area contributed by atoms with E-state index in [9.17, 15) is 4.79 Å². The highest BCUT2D eigenvalue weighted by atomic mass is 35.5. The highest BCUT2D eigenvalue weighted by Gasteiger charge is 2.17. The SMILES string of the molecule is Cc1cc(Cl)nc(CN2CCCCCC2=O)n1. The van der Waals surface area contributed by atoms with Crippen molar-refractivity contribution >= 4 is 17.5 Å². The van der Waals surface area contributed by atoms with Crippen LogP contribution in [0.3, 0.4) is 0 Å². The molecule has 0 aliphatic carbocycles. The first-order valence-corrected chi connectivity index (χ1v) is 6.31. The van der Waals surface area contributed by atoms with Crippen molar-refractivity contribution in [3.63, 3.8) is 0 Å². The molecule has 0 spiro atoms. The Hall–Kier alpha value is -1.16. The lowest BCUT2D eigenvalue weighted by Gasteiger charge is -2.19. The summed E-state index contributed by atoms with van der Waals surface area (Å²) in [7, 11) is 0. The van der Waals surface area contributed by atoms with Crippen LogP contribution in [-0.4, -0.2) is 27.3 Å². The second-order valence-electron chi connectivity index (χ2n) is 4.37. The van der Waals surface area contributed by atoms with Crippen molar-refractivity contribution in [1.29, 1.82) is 0 Å². The molecule has 17 heavy (non-hydrogen) atoms. The molecule has 0 atom stereocenters. The molecule has 1 fully saturated rings. The summed E-state index contributed by atoms with van der Waals surface area (Å²) in [5, 5.41) is 0.440. The summed E-state index contributed by atoms with van der Waals surface area (Å²) < 4.78 is 0. The van der Waals surface area contributed by atoms with Crippen molar-refractivity contribution < 1.29 is 4.79 Å². The van der Waals surface area contributed by atoms with Gasteiger partial charge in [0.1, 0.15) is 11.0 Å². The van der Waals surface area contributed by atoms with Crippen LogP contribution in [0.5, 0.6) is 0 Å². The summed E-state index contributed by atoms with van der Waals surface area (Å²) in [6.07, 6.45) is 3.81. The zero-order chi connectivity index (χ0) is 12.3. The highest BCUT2D eigenvalue weighted by molar-refractivity contribution is 6.29. The van der Waals surface area contributed by atoms with Crippen LogP contribution in [-0.2, 0) is 11.3 Å². The van der Waals surface area contributed by atoms with Crippen molar-refractivity contribution in [3.05, 3.63) is 22.7 Å². The molecular weight excluding hydrogens is 238 g/mol. The Morgan fingerprint density at radius 3 is 2.94 bits per heavy atom. The van der Waals surface area contributed by atoms with E-state index in [2.05, 4.69) is 9.97 Å². The molecule has 5 heteroatoms. The van der Waals surface area contributed by atoms with Gasteiger partial charge in [0.15, 0.2) is 0 Å². The lowest BCUT2D eigenvalue weighted by molar-refractivity contribution is -0.131. The second kappa shape index (κ2) is 5.45. The number of halogens is 1. The van der Waals surface area contributed by atoms with E-state index in [-0.39, 0.29) is 5.91 Å². The molecule has 4 nitrogen and oxygen atoms in total. The molecule has 0 radical (unpaired) electrons. The lowest BCUT2D eigenvalue weighted by atomic mass is 10.2. The Balaban J connectivity index is 2.10. The summed E-state index contributed by atoms with van der Waals surface area (Å²) in [6, 6.07) is 1.72. The van der Waals surface area contributed by atoms with Crippen molar-refractivity contribution in [2.45, 2.75) is 39.2 Å². The molecule has 1 aromatic rings. The molecule has 2 rings (SSSR count). The molecule has 0 bridgehead atoms. The van der Waals surface area contributed by atoms with E-state index in [0.717, 1.165) is 31.5 Å². The van der Waals surface area contributed by atoms with Gasteiger partial charge in [-0.3, -0.25) is 4.79 Å². The molecule has 0 N–H and O–H groups in total. The third kappa shape index (κ3) is 3.40. The van der Waals surface area contributed by atoms with E-state index in [0.29, 0.717) is 23.9 Å². The van der Waals surface area contributed by atoms with Crippen LogP contribution in [0.1, 0.15) is 37.2 Å². The first-order chi connectivity index (χ1) is 8.15. The van der Waals surface area contributed by atoms with E-state index < -0.39 is 0 Å². The fourth-order valence-electron chi connectivity index (χ4n) is 2.04. The molecule has 1 aliphatic rings. The van der Waals surface area contributed by atoms with Crippen LogP contribution in [0, 0.1) is 6.92 Å². The number of aromatic nitrogens is 2. The van der Waals surface area contributed by atoms with Gasteiger partial charge in [-0.15, -0.1) is 0 Å². The van der Waals surface area contributed by atoms with E-state index in [1.807, 2.05) is 11.8 Å². The second-order valence-corrected chi connectivity index (χ2v) is 4.76. The zero-order valence-electron chi connectivity index (χ0n) is 9.95. The Bertz CT molecular complexity index is 402. The van der Waals surface area contributed by atoms with Crippen molar-refractivity contribution in [2.24, 2.45) is 0 Å². The van der Waals surface area contributed by atoms with Crippen molar-refractivity contribution in [1.82, 2.24) is 14.9 Å². The van der Waals surface area contributed by atoms with Crippen LogP contribution < -0.4 is 0 Å². The normalized spacial score (nSPS) is 17.1. The molecular formula is C12H16ClN3O. The van der Waals surface area contributed by atoms with Gasteiger partial charge in [-0.25, -0.2) is 9.97 Å². The summed E-state index contributed by atoms with van der Waals surface area (Å²) in [4.78, 5) is 22.1. The quantitative estimate of drug-likeness (QED) is 0.760. The fourth-order valence-corrected chi connectivity index (χ4v) is 2.29. The third-order valence-electron chi connectivity index (χ3n) is 2.87. The van der Waals surface area contributed by atoms with Gasteiger partial charge in [-0.05, 0) is 25.8 Å². The maximum Gasteiger partial charge on any atom is 0.222 e. The van der Waals surface area contributed by atoms with Gasteiger partial charge >= 0.3 is 0 Å². The monoisotopic (exact) mass is 253 g/mol. The van der Waals surface area contributed by atoms with Gasteiger partial charge in [0.2, 0.25) is 5.91 Å². The Morgan fingerprint density at radius 1 is 1.35 bits per heavy atom. The zero-order valence-corrected chi connectivity index (χ0v) is 10.7. The third-order valence-corrected chi connectivity index (χ3v) is 3.07. The number of nitrogens with zero attached hydrogens (tertiary/aromatic N) is 3. The largest absolute Gasteiger partial charge is 0.335 e. The van der Waals surface area contributed by atoms with Crippen LogP contribution in [0.25, 0.3) is 0 Å². The summed E-state index contributed by atoms with van der Waals surface area (Å²) in [5.74, 6) is 0.828.